The molecule has 0 atom stereocenters. The average molecular weight is 971 g/mol. The third-order valence-electron chi connectivity index (χ3n) is 14.0. The fourth-order valence-corrected chi connectivity index (χ4v) is 10.2. The van der Waals surface area contributed by atoms with Gasteiger partial charge >= 0.3 is 0 Å². The molecule has 8 heteroatoms. The lowest BCUT2D eigenvalue weighted by Crippen LogP contribution is -1.99. The Morgan fingerprint density at radius 3 is 0.868 bits per heavy atom. The summed E-state index contributed by atoms with van der Waals surface area (Å²) in [5, 5.41) is 3.73. The van der Waals surface area contributed by atoms with Gasteiger partial charge in [-0.05, 0) is 58.7 Å². The first-order chi connectivity index (χ1) is 37.7. The molecule has 0 aliphatic carbocycles. The Labute approximate surface area is 437 Å². The van der Waals surface area contributed by atoms with Crippen LogP contribution in [0.4, 0.5) is 0 Å². The smallest absolute Gasteiger partial charge is 0.160 e. The Hall–Kier alpha value is -10.4. The SMILES string of the molecule is c1ccc(-c2cc(-c3ccccc3)c3ccc4c(-c5ccc(-c6ccc(-c7nc(-c8ccccc8)nc8c7ccc7c(-c9ccccc9)cc(-c9ccccc9)nc78)nc6)cn5)nc(-c5ccccc5)nc4c3n2)cc1. The van der Waals surface area contributed by atoms with Gasteiger partial charge in [-0.3, -0.25) is 9.97 Å². The van der Waals surface area contributed by atoms with Crippen molar-refractivity contribution < 1.29 is 0 Å². The molecule has 0 amide bonds. The fourth-order valence-electron chi connectivity index (χ4n) is 10.2. The minimum absolute atomic E-state index is 0.596. The standard InChI is InChI=1S/C68H42N8/c1-7-19-43(20-8-1)55-39-59(45-23-11-3-12-24-45)71-63-51(55)33-35-53-61(73-67(75-65(53)63)47-27-15-5-16-28-47)57-37-31-49(41-69-57)50-32-38-58(70-42-50)62-54-36-34-52-56(44-21-9-2-10-22-44)40-60(46-25-13-4-14-26-46)72-64(52)66(54)76-68(74-62)48-29-17-6-18-30-48/h1-42H. The van der Waals surface area contributed by atoms with Crippen molar-refractivity contribution in [3.05, 3.63) is 255 Å². The molecule has 0 spiro atoms. The molecule has 8 aromatic carbocycles. The molecule has 0 fully saturated rings. The number of fused-ring (bicyclic) bond motifs is 6. The van der Waals surface area contributed by atoms with Crippen LogP contribution in [0.25, 0.3) is 145 Å². The van der Waals surface area contributed by atoms with Crippen LogP contribution in [0, 0.1) is 0 Å². The second-order valence-electron chi connectivity index (χ2n) is 18.7. The maximum absolute atomic E-state index is 5.36. The molecule has 0 bridgehead atoms. The number of pyridine rings is 4. The number of rotatable bonds is 9. The summed E-state index contributed by atoms with van der Waals surface area (Å²) in [5.41, 5.74) is 17.8. The molecule has 0 saturated heterocycles. The van der Waals surface area contributed by atoms with E-state index in [-0.39, 0.29) is 0 Å². The summed E-state index contributed by atoms with van der Waals surface area (Å²) in [6.07, 6.45) is 3.78. The van der Waals surface area contributed by atoms with Gasteiger partial charge in [0.15, 0.2) is 11.6 Å². The van der Waals surface area contributed by atoms with Crippen LogP contribution < -0.4 is 0 Å². The Kier molecular flexibility index (Phi) is 11.0. The Morgan fingerprint density at radius 1 is 0.211 bits per heavy atom. The summed E-state index contributed by atoms with van der Waals surface area (Å²) in [6, 6.07) is 82.9. The summed E-state index contributed by atoms with van der Waals surface area (Å²) in [5.74, 6) is 1.19. The van der Waals surface area contributed by atoms with Crippen LogP contribution >= 0.6 is 0 Å². The zero-order valence-corrected chi connectivity index (χ0v) is 40.8. The predicted molar refractivity (Wildman–Crippen MR) is 308 cm³/mol. The molecule has 0 N–H and O–H groups in total. The fraction of sp³-hybridized carbons (Fsp3) is 0. The molecule has 6 aromatic heterocycles. The molecule has 14 rings (SSSR count). The van der Waals surface area contributed by atoms with Gasteiger partial charge in [0.2, 0.25) is 0 Å². The van der Waals surface area contributed by atoms with E-state index in [9.17, 15) is 0 Å². The number of nitrogens with zero attached hydrogens (tertiary/aromatic N) is 8. The van der Waals surface area contributed by atoms with E-state index >= 15 is 0 Å². The van der Waals surface area contributed by atoms with Gasteiger partial charge in [0.05, 0.1) is 33.8 Å². The molecule has 0 aliphatic rings. The lowest BCUT2D eigenvalue weighted by Gasteiger charge is -2.15. The van der Waals surface area contributed by atoms with Gasteiger partial charge in [-0.1, -0.05) is 206 Å². The molecule has 0 unspecified atom stereocenters. The van der Waals surface area contributed by atoms with Crippen LogP contribution in [-0.2, 0) is 0 Å². The summed E-state index contributed by atoms with van der Waals surface area (Å²) < 4.78 is 0. The average Bonchev–Trinajstić information content (AvgIpc) is 3.60. The second-order valence-corrected chi connectivity index (χ2v) is 18.7. The molecule has 354 valence electrons. The normalized spacial score (nSPS) is 11.4. The Bertz CT molecular complexity index is 4160. The number of benzene rings is 8. The largest absolute Gasteiger partial charge is 0.254 e. The van der Waals surface area contributed by atoms with E-state index in [1.165, 1.54) is 0 Å². The minimum atomic E-state index is 0.596. The third-order valence-corrected chi connectivity index (χ3v) is 14.0. The number of aromatic nitrogens is 8. The van der Waals surface area contributed by atoms with Crippen LogP contribution in [0.15, 0.2) is 255 Å². The van der Waals surface area contributed by atoms with Crippen molar-refractivity contribution in [1.82, 2.24) is 39.9 Å². The zero-order valence-electron chi connectivity index (χ0n) is 40.8. The van der Waals surface area contributed by atoms with Crippen molar-refractivity contribution in [2.75, 3.05) is 0 Å². The monoisotopic (exact) mass is 970 g/mol. The van der Waals surface area contributed by atoms with Gasteiger partial charge in [0, 0.05) is 67.3 Å². The van der Waals surface area contributed by atoms with E-state index in [4.69, 9.17) is 39.9 Å². The number of hydrogen-bond donors (Lipinski definition) is 0. The Morgan fingerprint density at radius 2 is 0.526 bits per heavy atom. The van der Waals surface area contributed by atoms with E-state index in [0.29, 0.717) is 23.0 Å². The van der Waals surface area contributed by atoms with E-state index in [1.54, 1.807) is 0 Å². The quantitative estimate of drug-likeness (QED) is 0.132. The van der Waals surface area contributed by atoms with E-state index in [2.05, 4.69) is 121 Å². The van der Waals surface area contributed by atoms with Crippen LogP contribution in [0.5, 0.6) is 0 Å². The highest BCUT2D eigenvalue weighted by Crippen LogP contribution is 2.41. The van der Waals surface area contributed by atoms with Crippen molar-refractivity contribution >= 4 is 43.6 Å². The van der Waals surface area contributed by atoms with Crippen LogP contribution in [-0.4, -0.2) is 39.9 Å². The van der Waals surface area contributed by atoms with Crippen LogP contribution in [0.2, 0.25) is 0 Å². The lowest BCUT2D eigenvalue weighted by molar-refractivity contribution is 1.20. The van der Waals surface area contributed by atoms with Gasteiger partial charge in [-0.25, -0.2) is 29.9 Å². The molecule has 76 heavy (non-hydrogen) atoms. The molecule has 0 aliphatic heterocycles. The minimum Gasteiger partial charge on any atom is -0.254 e. The van der Waals surface area contributed by atoms with Crippen molar-refractivity contribution in [3.8, 4) is 101 Å². The molecular formula is C68H42N8. The molecule has 0 saturated carbocycles. The summed E-state index contributed by atoms with van der Waals surface area (Å²) >= 11 is 0. The third kappa shape index (κ3) is 8.07. The first-order valence-electron chi connectivity index (χ1n) is 25.2. The van der Waals surface area contributed by atoms with E-state index < -0.39 is 0 Å². The van der Waals surface area contributed by atoms with Gasteiger partial charge in [-0.2, -0.15) is 0 Å². The summed E-state index contributed by atoms with van der Waals surface area (Å²) in [6.45, 7) is 0. The first-order valence-corrected chi connectivity index (χ1v) is 25.2. The highest BCUT2D eigenvalue weighted by Gasteiger charge is 2.21. The van der Waals surface area contributed by atoms with Crippen molar-refractivity contribution in [2.24, 2.45) is 0 Å². The van der Waals surface area contributed by atoms with Crippen molar-refractivity contribution in [2.45, 2.75) is 0 Å². The molecule has 14 aromatic rings. The number of hydrogen-bond acceptors (Lipinski definition) is 8. The molecule has 6 heterocycles. The first kappa shape index (κ1) is 44.3. The maximum Gasteiger partial charge on any atom is 0.160 e. The molecule has 0 radical (unpaired) electrons. The topological polar surface area (TPSA) is 103 Å². The maximum atomic E-state index is 5.36. The highest BCUT2D eigenvalue weighted by atomic mass is 14.9. The van der Waals surface area contributed by atoms with Gasteiger partial charge in [0.25, 0.3) is 0 Å². The van der Waals surface area contributed by atoms with E-state index in [0.717, 1.165) is 122 Å². The highest BCUT2D eigenvalue weighted by molar-refractivity contribution is 6.14. The molecule has 8 nitrogen and oxygen atoms in total. The lowest BCUT2D eigenvalue weighted by atomic mass is 9.96. The van der Waals surface area contributed by atoms with Gasteiger partial charge < -0.3 is 0 Å². The molecular weight excluding hydrogens is 929 g/mol. The van der Waals surface area contributed by atoms with Crippen molar-refractivity contribution in [1.29, 1.82) is 0 Å². The van der Waals surface area contributed by atoms with Gasteiger partial charge in [-0.15, -0.1) is 0 Å². The van der Waals surface area contributed by atoms with Crippen molar-refractivity contribution in [3.63, 3.8) is 0 Å². The summed E-state index contributed by atoms with van der Waals surface area (Å²) in [4.78, 5) is 42.0. The van der Waals surface area contributed by atoms with Crippen LogP contribution in [0.1, 0.15) is 0 Å². The second kappa shape index (κ2) is 18.9. The predicted octanol–water partition coefficient (Wildman–Crippen LogP) is 16.5. The van der Waals surface area contributed by atoms with Gasteiger partial charge in [0.1, 0.15) is 22.4 Å². The summed E-state index contributed by atoms with van der Waals surface area (Å²) in [7, 11) is 0. The van der Waals surface area contributed by atoms with Crippen LogP contribution in [0.3, 0.4) is 0 Å². The zero-order chi connectivity index (χ0) is 50.4. The van der Waals surface area contributed by atoms with E-state index in [1.807, 2.05) is 134 Å². The Balaban J connectivity index is 0.883.